The minimum Gasteiger partial charge on any atom is 0 e. The summed E-state index contributed by atoms with van der Waals surface area (Å²) in [5.74, 6) is 0. The number of hydrogen-bond donors (Lipinski definition) is 3. The van der Waals surface area contributed by atoms with E-state index in [1.807, 2.05) is 0 Å². The Labute approximate surface area is 120 Å². The fourth-order valence-electron chi connectivity index (χ4n) is 0. The average molecular weight is 277 g/mol. The Bertz CT molecular complexity index is 66.7. The second kappa shape index (κ2) is 13.7. The fraction of sp³-hybridized carbons (Fsp3) is 0. The summed E-state index contributed by atoms with van der Waals surface area (Å²) >= 11 is 0. The summed E-state index contributed by atoms with van der Waals surface area (Å²) in [6.07, 6.45) is 0. The van der Waals surface area contributed by atoms with Crippen LogP contribution in [0.5, 0.6) is 0 Å². The van der Waals surface area contributed by atoms with E-state index in [0.717, 1.165) is 0 Å². The summed E-state index contributed by atoms with van der Waals surface area (Å²) < 4.78 is 8.88. The van der Waals surface area contributed by atoms with E-state index < -0.39 is 7.82 Å². The SMILES string of the molecule is O=P(O)(O)O.[CaH2].[Fe].[MgH2].[Mn]. The normalized spacial score (nSPS) is 6.56. The molecule has 0 rings (SSSR count). The van der Waals surface area contributed by atoms with Gasteiger partial charge in [-0.2, -0.15) is 0 Å². The Hall–Kier alpha value is 3.17. The molecule has 0 spiro atoms. The molecule has 0 bridgehead atoms. The first-order valence-electron chi connectivity index (χ1n) is 0.783. The third-order valence-corrected chi connectivity index (χ3v) is 0. The molecule has 1 radical (unpaired) electrons. The standard InChI is InChI=1S/Ca.Fe.Mg.Mn.H3O4P.4H/c;;;;1-5(2,3)4;;;;/h;;;;(H3,1,2,3,4);;;;. The van der Waals surface area contributed by atoms with E-state index in [1.54, 1.807) is 0 Å². The number of hydrogen-bond acceptors (Lipinski definition) is 1. The number of rotatable bonds is 0. The van der Waals surface area contributed by atoms with Crippen LogP contribution in [0.1, 0.15) is 0 Å². The van der Waals surface area contributed by atoms with Gasteiger partial charge in [-0.1, -0.05) is 0 Å². The number of phosphoric acid groups is 1. The fourth-order valence-corrected chi connectivity index (χ4v) is 0. The monoisotopic (exact) mass is 277 g/mol. The molecule has 0 aromatic rings. The van der Waals surface area contributed by atoms with Gasteiger partial charge in [0, 0.05) is 34.1 Å². The summed E-state index contributed by atoms with van der Waals surface area (Å²) in [5.41, 5.74) is 0. The quantitative estimate of drug-likeness (QED) is 0.331. The summed E-state index contributed by atoms with van der Waals surface area (Å²) in [5, 5.41) is 0. The van der Waals surface area contributed by atoms with E-state index in [9.17, 15) is 0 Å². The van der Waals surface area contributed by atoms with Crippen molar-refractivity contribution in [3.05, 3.63) is 0 Å². The van der Waals surface area contributed by atoms with Crippen molar-refractivity contribution in [2.45, 2.75) is 0 Å². The van der Waals surface area contributed by atoms with Crippen LogP contribution in [0.3, 0.4) is 0 Å². The van der Waals surface area contributed by atoms with Crippen molar-refractivity contribution < 1.29 is 53.4 Å². The zero-order valence-electron chi connectivity index (χ0n) is 2.93. The molecular formula is H7CaFeMgMnO4P. The second-order valence-corrected chi connectivity index (χ2v) is 1.54. The minimum absolute atomic E-state index is 0. The topological polar surface area (TPSA) is 77.8 Å². The molecule has 0 amide bonds. The van der Waals surface area contributed by atoms with Crippen molar-refractivity contribution >= 4 is 68.6 Å². The van der Waals surface area contributed by atoms with E-state index >= 15 is 0 Å². The van der Waals surface area contributed by atoms with Crippen LogP contribution in [0, 0.1) is 0 Å². The first kappa shape index (κ1) is 29.5. The van der Waals surface area contributed by atoms with Crippen molar-refractivity contribution in [3.8, 4) is 0 Å². The van der Waals surface area contributed by atoms with Gasteiger partial charge in [0.05, 0.1) is 0 Å². The molecule has 0 aliphatic rings. The van der Waals surface area contributed by atoms with Gasteiger partial charge < -0.3 is 14.7 Å². The molecule has 9 heavy (non-hydrogen) atoms. The van der Waals surface area contributed by atoms with E-state index in [4.69, 9.17) is 19.2 Å². The van der Waals surface area contributed by atoms with Crippen molar-refractivity contribution in [3.63, 3.8) is 0 Å². The van der Waals surface area contributed by atoms with Crippen LogP contribution in [-0.4, -0.2) is 75.5 Å². The first-order chi connectivity index (χ1) is 2.00. The molecule has 9 heteroatoms. The Balaban J connectivity index is -0.0000000133. The summed E-state index contributed by atoms with van der Waals surface area (Å²) in [6, 6.07) is 0. The van der Waals surface area contributed by atoms with Gasteiger partial charge in [0.15, 0.2) is 0 Å². The molecule has 4 nitrogen and oxygen atoms in total. The third-order valence-electron chi connectivity index (χ3n) is 0. The Kier molecular flexibility index (Phi) is 45.1. The van der Waals surface area contributed by atoms with Crippen LogP contribution >= 0.6 is 7.82 Å². The predicted molar refractivity (Wildman–Crippen MR) is 31.4 cm³/mol. The Morgan fingerprint density at radius 1 is 1.11 bits per heavy atom. The molecule has 0 fully saturated rings. The largest absolute Gasteiger partial charge is 0.316 e. The van der Waals surface area contributed by atoms with Crippen LogP contribution in [0.25, 0.3) is 0 Å². The molecule has 0 atom stereocenters. The van der Waals surface area contributed by atoms with Gasteiger partial charge in [0.2, 0.25) is 0 Å². The molecule has 0 saturated carbocycles. The van der Waals surface area contributed by atoms with Crippen LogP contribution in [-0.2, 0) is 38.7 Å². The van der Waals surface area contributed by atoms with Gasteiger partial charge in [0.1, 0.15) is 0 Å². The molecule has 0 aromatic carbocycles. The summed E-state index contributed by atoms with van der Waals surface area (Å²) in [4.78, 5) is 21.6. The zero-order chi connectivity index (χ0) is 4.50. The Morgan fingerprint density at radius 2 is 1.11 bits per heavy atom. The van der Waals surface area contributed by atoms with E-state index in [1.165, 1.54) is 0 Å². The average Bonchev–Trinajstić information content (AvgIpc) is 0.722. The van der Waals surface area contributed by atoms with Gasteiger partial charge in [-0.15, -0.1) is 0 Å². The molecule has 0 aliphatic carbocycles. The van der Waals surface area contributed by atoms with Crippen LogP contribution in [0.2, 0.25) is 0 Å². The summed E-state index contributed by atoms with van der Waals surface area (Å²) in [6.45, 7) is 0. The van der Waals surface area contributed by atoms with Gasteiger partial charge in [-0.3, -0.25) is 0 Å². The first-order valence-corrected chi connectivity index (χ1v) is 2.35. The van der Waals surface area contributed by atoms with E-state index in [0.29, 0.717) is 0 Å². The smallest absolute Gasteiger partial charge is 0 e. The zero-order valence-corrected chi connectivity index (χ0v) is 6.11. The van der Waals surface area contributed by atoms with Crippen molar-refractivity contribution in [1.29, 1.82) is 0 Å². The van der Waals surface area contributed by atoms with Crippen molar-refractivity contribution in [1.82, 2.24) is 0 Å². The van der Waals surface area contributed by atoms with Crippen molar-refractivity contribution in [2.75, 3.05) is 0 Å². The predicted octanol–water partition coefficient (Wildman–Crippen LogP) is -2.77. The van der Waals surface area contributed by atoms with Crippen LogP contribution < -0.4 is 0 Å². The molecule has 0 aromatic heterocycles. The van der Waals surface area contributed by atoms with Gasteiger partial charge in [0.25, 0.3) is 0 Å². The van der Waals surface area contributed by atoms with Gasteiger partial charge in [-0.25, -0.2) is 4.57 Å². The minimum atomic E-state index is -4.64. The summed E-state index contributed by atoms with van der Waals surface area (Å²) in [7, 11) is -4.64. The molecule has 0 unspecified atom stereocenters. The molecule has 0 saturated heterocycles. The van der Waals surface area contributed by atoms with E-state index in [2.05, 4.69) is 0 Å². The maximum atomic E-state index is 8.88. The third kappa shape index (κ3) is 93.3. The maximum absolute atomic E-state index is 8.88. The Morgan fingerprint density at radius 3 is 1.11 bits per heavy atom. The van der Waals surface area contributed by atoms with Crippen LogP contribution in [0.15, 0.2) is 0 Å². The maximum Gasteiger partial charge on any atom is 0.316 e. The second-order valence-electron chi connectivity index (χ2n) is 0.513. The molecule has 3 N–H and O–H groups in total. The van der Waals surface area contributed by atoms with Crippen LogP contribution in [0.4, 0.5) is 0 Å². The molecular weight excluding hydrogens is 270 g/mol. The molecule has 55 valence electrons. The molecule has 0 aliphatic heterocycles. The van der Waals surface area contributed by atoms with Gasteiger partial charge >= 0.3 is 68.6 Å². The van der Waals surface area contributed by atoms with Gasteiger partial charge in [-0.05, 0) is 0 Å². The molecule has 0 heterocycles. The van der Waals surface area contributed by atoms with E-state index in [-0.39, 0.29) is 94.9 Å². The van der Waals surface area contributed by atoms with Crippen molar-refractivity contribution in [2.24, 2.45) is 0 Å².